The normalized spacial score (nSPS) is 11.6. The van der Waals surface area contributed by atoms with E-state index in [0.29, 0.717) is 0 Å². The van der Waals surface area contributed by atoms with Crippen LogP contribution in [-0.4, -0.2) is 25.7 Å². The highest BCUT2D eigenvalue weighted by atomic mass is 16.5. The predicted molar refractivity (Wildman–Crippen MR) is 70.1 cm³/mol. The Hall–Kier alpha value is -1.77. The van der Waals surface area contributed by atoms with Gasteiger partial charge in [0.05, 0.1) is 0 Å². The molecule has 1 unspecified atom stereocenters. The minimum absolute atomic E-state index is 0.0911. The van der Waals surface area contributed by atoms with Gasteiger partial charge in [-0.05, 0) is 19.1 Å². The lowest BCUT2D eigenvalue weighted by atomic mass is 10.2. The number of anilines is 1. The fourth-order valence-electron chi connectivity index (χ4n) is 1.49. The van der Waals surface area contributed by atoms with Crippen molar-refractivity contribution < 1.29 is 9.53 Å². The summed E-state index contributed by atoms with van der Waals surface area (Å²) in [5.74, 6) is -0.361. The van der Waals surface area contributed by atoms with Crippen molar-refractivity contribution in [3.05, 3.63) is 43.0 Å². The second-order valence-electron chi connectivity index (χ2n) is 4.00. The van der Waals surface area contributed by atoms with Crippen molar-refractivity contribution in [1.82, 2.24) is 0 Å². The van der Waals surface area contributed by atoms with Crippen LogP contribution in [0.15, 0.2) is 43.0 Å². The molecule has 0 amide bonds. The SMILES string of the molecule is C=CC(=O)OC(C)CCN(C)c1ccccc1. The molecule has 0 radical (unpaired) electrons. The zero-order valence-corrected chi connectivity index (χ0v) is 10.4. The molecule has 3 nitrogen and oxygen atoms in total. The highest BCUT2D eigenvalue weighted by molar-refractivity contribution is 5.81. The quantitative estimate of drug-likeness (QED) is 0.559. The van der Waals surface area contributed by atoms with Gasteiger partial charge < -0.3 is 9.64 Å². The van der Waals surface area contributed by atoms with Crippen LogP contribution in [0.5, 0.6) is 0 Å². The number of para-hydroxylation sites is 1. The lowest BCUT2D eigenvalue weighted by molar-refractivity contribution is -0.142. The molecular formula is C14H19NO2. The van der Waals surface area contributed by atoms with Crippen molar-refractivity contribution in [2.24, 2.45) is 0 Å². The second-order valence-corrected chi connectivity index (χ2v) is 4.00. The van der Waals surface area contributed by atoms with Crippen molar-refractivity contribution in [2.45, 2.75) is 19.4 Å². The number of hydrogen-bond acceptors (Lipinski definition) is 3. The van der Waals surface area contributed by atoms with Gasteiger partial charge in [0, 0.05) is 31.8 Å². The molecule has 1 aromatic rings. The average molecular weight is 233 g/mol. The number of rotatable bonds is 6. The van der Waals surface area contributed by atoms with Crippen LogP contribution in [0.1, 0.15) is 13.3 Å². The third-order valence-electron chi connectivity index (χ3n) is 2.55. The molecule has 1 rings (SSSR count). The molecule has 0 spiro atoms. The summed E-state index contributed by atoms with van der Waals surface area (Å²) in [5.41, 5.74) is 1.16. The third kappa shape index (κ3) is 4.72. The van der Waals surface area contributed by atoms with Crippen LogP contribution in [0.3, 0.4) is 0 Å². The first kappa shape index (κ1) is 13.3. The van der Waals surface area contributed by atoms with Gasteiger partial charge in [-0.3, -0.25) is 0 Å². The molecule has 1 atom stereocenters. The molecule has 17 heavy (non-hydrogen) atoms. The average Bonchev–Trinajstić information content (AvgIpc) is 2.36. The van der Waals surface area contributed by atoms with Gasteiger partial charge >= 0.3 is 5.97 Å². The van der Waals surface area contributed by atoms with E-state index in [9.17, 15) is 4.79 Å². The number of carbonyl (C=O) groups is 1. The molecule has 1 aromatic carbocycles. The number of hydrogen-bond donors (Lipinski definition) is 0. The Morgan fingerprint density at radius 2 is 2.12 bits per heavy atom. The molecule has 92 valence electrons. The van der Waals surface area contributed by atoms with Crippen LogP contribution in [0.4, 0.5) is 5.69 Å². The summed E-state index contributed by atoms with van der Waals surface area (Å²) >= 11 is 0. The monoisotopic (exact) mass is 233 g/mol. The third-order valence-corrected chi connectivity index (χ3v) is 2.55. The standard InChI is InChI=1S/C14H19NO2/c1-4-14(16)17-12(2)10-11-15(3)13-8-6-5-7-9-13/h4-9,12H,1,10-11H2,2-3H3. The zero-order chi connectivity index (χ0) is 12.7. The molecule has 0 N–H and O–H groups in total. The Bertz CT molecular complexity index is 362. The zero-order valence-electron chi connectivity index (χ0n) is 10.4. The number of benzene rings is 1. The lowest BCUT2D eigenvalue weighted by Gasteiger charge is -2.21. The first-order valence-electron chi connectivity index (χ1n) is 5.72. The van der Waals surface area contributed by atoms with E-state index in [2.05, 4.69) is 23.6 Å². The highest BCUT2D eigenvalue weighted by Crippen LogP contribution is 2.12. The number of carbonyl (C=O) groups excluding carboxylic acids is 1. The van der Waals surface area contributed by atoms with E-state index < -0.39 is 0 Å². The van der Waals surface area contributed by atoms with Crippen molar-refractivity contribution in [2.75, 3.05) is 18.5 Å². The fourth-order valence-corrected chi connectivity index (χ4v) is 1.49. The summed E-state index contributed by atoms with van der Waals surface area (Å²) in [7, 11) is 2.03. The van der Waals surface area contributed by atoms with Gasteiger partial charge in [-0.1, -0.05) is 24.8 Å². The topological polar surface area (TPSA) is 29.5 Å². The minimum atomic E-state index is -0.361. The summed E-state index contributed by atoms with van der Waals surface area (Å²) in [6, 6.07) is 10.1. The molecule has 0 saturated carbocycles. The minimum Gasteiger partial charge on any atom is -0.459 e. The molecule has 3 heteroatoms. The van der Waals surface area contributed by atoms with Gasteiger partial charge in [0.15, 0.2) is 0 Å². The Morgan fingerprint density at radius 3 is 2.71 bits per heavy atom. The van der Waals surface area contributed by atoms with Gasteiger partial charge in [-0.15, -0.1) is 0 Å². The summed E-state index contributed by atoms with van der Waals surface area (Å²) < 4.78 is 5.10. The molecule has 0 aliphatic carbocycles. The number of nitrogens with zero attached hydrogens (tertiary/aromatic N) is 1. The molecule has 0 fully saturated rings. The van der Waals surface area contributed by atoms with Crippen LogP contribution in [0.2, 0.25) is 0 Å². The van der Waals surface area contributed by atoms with E-state index in [1.54, 1.807) is 0 Å². The van der Waals surface area contributed by atoms with Crippen molar-refractivity contribution in [3.8, 4) is 0 Å². The van der Waals surface area contributed by atoms with Gasteiger partial charge in [0.2, 0.25) is 0 Å². The van der Waals surface area contributed by atoms with Crippen LogP contribution in [-0.2, 0) is 9.53 Å². The smallest absolute Gasteiger partial charge is 0.330 e. The largest absolute Gasteiger partial charge is 0.459 e. The van der Waals surface area contributed by atoms with E-state index in [4.69, 9.17) is 4.74 Å². The van der Waals surface area contributed by atoms with E-state index in [1.165, 1.54) is 6.08 Å². The molecular weight excluding hydrogens is 214 g/mol. The molecule has 0 aliphatic heterocycles. The number of ether oxygens (including phenoxy) is 1. The Labute approximate surface area is 103 Å². The molecule has 0 heterocycles. The maximum atomic E-state index is 11.0. The second kappa shape index (κ2) is 6.74. The van der Waals surface area contributed by atoms with Crippen molar-refractivity contribution in [1.29, 1.82) is 0 Å². The van der Waals surface area contributed by atoms with E-state index in [1.807, 2.05) is 32.2 Å². The summed E-state index contributed by atoms with van der Waals surface area (Å²) in [4.78, 5) is 13.1. The van der Waals surface area contributed by atoms with Crippen molar-refractivity contribution >= 4 is 11.7 Å². The van der Waals surface area contributed by atoms with Crippen LogP contribution < -0.4 is 4.90 Å². The first-order valence-corrected chi connectivity index (χ1v) is 5.72. The Kier molecular flexibility index (Phi) is 5.27. The molecule has 0 aromatic heterocycles. The van der Waals surface area contributed by atoms with Gasteiger partial charge in [0.1, 0.15) is 6.10 Å². The van der Waals surface area contributed by atoms with Crippen LogP contribution in [0, 0.1) is 0 Å². The summed E-state index contributed by atoms with van der Waals surface area (Å²) in [5, 5.41) is 0. The fraction of sp³-hybridized carbons (Fsp3) is 0.357. The van der Waals surface area contributed by atoms with Crippen molar-refractivity contribution in [3.63, 3.8) is 0 Å². The Balaban J connectivity index is 2.35. The summed E-state index contributed by atoms with van der Waals surface area (Å²) in [6.45, 7) is 6.10. The van der Waals surface area contributed by atoms with Gasteiger partial charge in [-0.2, -0.15) is 0 Å². The summed E-state index contributed by atoms with van der Waals surface area (Å²) in [6.07, 6.45) is 1.90. The van der Waals surface area contributed by atoms with E-state index >= 15 is 0 Å². The maximum absolute atomic E-state index is 11.0. The predicted octanol–water partition coefficient (Wildman–Crippen LogP) is 2.63. The molecule has 0 bridgehead atoms. The Morgan fingerprint density at radius 1 is 1.47 bits per heavy atom. The lowest BCUT2D eigenvalue weighted by Crippen LogP contribution is -2.24. The van der Waals surface area contributed by atoms with Crippen LogP contribution in [0.25, 0.3) is 0 Å². The highest BCUT2D eigenvalue weighted by Gasteiger charge is 2.08. The van der Waals surface area contributed by atoms with E-state index in [0.717, 1.165) is 18.7 Å². The van der Waals surface area contributed by atoms with Crippen LogP contribution >= 0.6 is 0 Å². The molecule has 0 aliphatic rings. The maximum Gasteiger partial charge on any atom is 0.330 e. The number of esters is 1. The first-order chi connectivity index (χ1) is 8.13. The van der Waals surface area contributed by atoms with Gasteiger partial charge in [-0.25, -0.2) is 4.79 Å². The van der Waals surface area contributed by atoms with Gasteiger partial charge in [0.25, 0.3) is 0 Å². The molecule has 0 saturated heterocycles. The van der Waals surface area contributed by atoms with E-state index in [-0.39, 0.29) is 12.1 Å².